The number of ether oxygens (including phenoxy) is 1. The quantitative estimate of drug-likeness (QED) is 0.468. The first-order valence-electron chi connectivity index (χ1n) is 6.15. The Morgan fingerprint density at radius 1 is 1.32 bits per heavy atom. The summed E-state index contributed by atoms with van der Waals surface area (Å²) < 4.78 is 69.3. The van der Waals surface area contributed by atoms with Crippen LogP contribution in [0.4, 0.5) is 13.2 Å². The number of benzene rings is 1. The molecule has 11 heteroatoms. The first-order valence-corrected chi connectivity index (χ1v) is 7.64. The molecule has 0 atom stereocenters. The van der Waals surface area contributed by atoms with Crippen molar-refractivity contribution in [2.24, 2.45) is 0 Å². The Morgan fingerprint density at radius 3 is 2.45 bits per heavy atom. The molecule has 0 saturated heterocycles. The Kier molecular flexibility index (Phi) is 6.38. The van der Waals surface area contributed by atoms with Crippen LogP contribution in [0.15, 0.2) is 23.1 Å². The van der Waals surface area contributed by atoms with Crippen LogP contribution < -0.4 is 10.2 Å². The maximum absolute atomic E-state index is 12.9. The fraction of sp³-hybridized carbons (Fsp3) is 0.455. The van der Waals surface area contributed by atoms with Gasteiger partial charge in [0.1, 0.15) is 0 Å². The number of alkyl halides is 3. The normalized spacial score (nSPS) is 12.5. The van der Waals surface area contributed by atoms with Crippen molar-refractivity contribution in [3.8, 4) is 0 Å². The SMILES string of the molecule is COCCCNS(=O)(=O)c1ccc(B(O)O)c(C(F)(F)F)c1. The minimum atomic E-state index is -4.92. The predicted octanol–water partition coefficient (Wildman–Crippen LogP) is -0.300. The van der Waals surface area contributed by atoms with E-state index in [-0.39, 0.29) is 6.54 Å². The van der Waals surface area contributed by atoms with Gasteiger partial charge in [-0.2, -0.15) is 13.2 Å². The highest BCUT2D eigenvalue weighted by molar-refractivity contribution is 7.89. The largest absolute Gasteiger partial charge is 0.489 e. The van der Waals surface area contributed by atoms with E-state index in [2.05, 4.69) is 4.72 Å². The fourth-order valence-corrected chi connectivity index (χ4v) is 2.78. The van der Waals surface area contributed by atoms with E-state index < -0.39 is 39.2 Å². The molecule has 6 nitrogen and oxygen atoms in total. The van der Waals surface area contributed by atoms with Crippen molar-refractivity contribution < 1.29 is 36.4 Å². The third-order valence-corrected chi connectivity index (χ3v) is 4.19. The molecular formula is C11H15BF3NO5S. The Balaban J connectivity index is 3.11. The van der Waals surface area contributed by atoms with Crippen LogP contribution in [0.1, 0.15) is 12.0 Å². The fourth-order valence-electron chi connectivity index (χ4n) is 1.68. The summed E-state index contributed by atoms with van der Waals surface area (Å²) in [5.74, 6) is 0. The number of hydrogen-bond donors (Lipinski definition) is 3. The molecule has 0 fully saturated rings. The summed E-state index contributed by atoms with van der Waals surface area (Å²) in [7, 11) is -5.06. The first kappa shape index (κ1) is 18.9. The Hall–Kier alpha value is -1.14. The summed E-state index contributed by atoms with van der Waals surface area (Å²) >= 11 is 0. The lowest BCUT2D eigenvalue weighted by molar-refractivity contribution is -0.137. The van der Waals surface area contributed by atoms with Crippen molar-refractivity contribution >= 4 is 22.6 Å². The molecule has 1 rings (SSSR count). The van der Waals surface area contributed by atoms with Crippen molar-refractivity contribution in [3.63, 3.8) is 0 Å². The maximum atomic E-state index is 12.9. The van der Waals surface area contributed by atoms with Gasteiger partial charge in [-0.25, -0.2) is 13.1 Å². The number of sulfonamides is 1. The number of methoxy groups -OCH3 is 1. The van der Waals surface area contributed by atoms with Crippen LogP contribution in [0, 0.1) is 0 Å². The van der Waals surface area contributed by atoms with E-state index in [0.717, 1.165) is 12.1 Å². The zero-order valence-corrected chi connectivity index (χ0v) is 12.4. The molecule has 0 aliphatic rings. The van der Waals surface area contributed by atoms with Crippen molar-refractivity contribution in [3.05, 3.63) is 23.8 Å². The lowest BCUT2D eigenvalue weighted by Gasteiger charge is -2.14. The van der Waals surface area contributed by atoms with Gasteiger partial charge in [0.05, 0.1) is 10.5 Å². The van der Waals surface area contributed by atoms with Gasteiger partial charge in [-0.3, -0.25) is 0 Å². The molecule has 0 heterocycles. The monoisotopic (exact) mass is 341 g/mol. The van der Waals surface area contributed by atoms with Crippen LogP contribution >= 0.6 is 0 Å². The average Bonchev–Trinajstić information content (AvgIpc) is 2.42. The predicted molar refractivity (Wildman–Crippen MR) is 73.0 cm³/mol. The van der Waals surface area contributed by atoms with Gasteiger partial charge in [-0.1, -0.05) is 6.07 Å². The standard InChI is InChI=1S/C11H15BF3NO5S/c1-21-6-2-5-16-22(19,20)8-3-4-10(12(17)18)9(7-8)11(13,14)15/h3-4,7,16-18H,2,5-6H2,1H3. The van der Waals surface area contributed by atoms with Gasteiger partial charge in [-0.15, -0.1) is 0 Å². The molecule has 3 N–H and O–H groups in total. The Labute approximate surface area is 126 Å². The lowest BCUT2D eigenvalue weighted by atomic mass is 9.77. The first-order chi connectivity index (χ1) is 10.1. The smallest absolute Gasteiger partial charge is 0.423 e. The molecule has 0 aliphatic carbocycles. The van der Waals surface area contributed by atoms with Crippen LogP contribution in [0.5, 0.6) is 0 Å². The van der Waals surface area contributed by atoms with Crippen molar-refractivity contribution in [2.45, 2.75) is 17.5 Å². The lowest BCUT2D eigenvalue weighted by Crippen LogP contribution is -2.37. The molecule has 0 bridgehead atoms. The van der Waals surface area contributed by atoms with E-state index in [1.165, 1.54) is 7.11 Å². The second-order valence-electron chi connectivity index (χ2n) is 4.36. The molecule has 22 heavy (non-hydrogen) atoms. The molecule has 0 unspecified atom stereocenters. The molecule has 0 saturated carbocycles. The summed E-state index contributed by atoms with van der Waals surface area (Å²) in [6, 6.07) is 1.97. The zero-order valence-electron chi connectivity index (χ0n) is 11.6. The van der Waals surface area contributed by atoms with Gasteiger partial charge in [0.15, 0.2) is 0 Å². The molecule has 0 aliphatic heterocycles. The third-order valence-electron chi connectivity index (χ3n) is 2.74. The minimum absolute atomic E-state index is 0.00189. The summed E-state index contributed by atoms with van der Waals surface area (Å²) in [6.07, 6.45) is -4.56. The summed E-state index contributed by atoms with van der Waals surface area (Å²) in [5.41, 5.74) is -2.23. The maximum Gasteiger partial charge on any atom is 0.489 e. The molecular weight excluding hydrogens is 326 g/mol. The van der Waals surface area contributed by atoms with Gasteiger partial charge in [0.25, 0.3) is 0 Å². The molecule has 1 aromatic rings. The van der Waals surface area contributed by atoms with Crippen LogP contribution in [0.3, 0.4) is 0 Å². The van der Waals surface area contributed by atoms with E-state index >= 15 is 0 Å². The van der Waals surface area contributed by atoms with Crippen LogP contribution in [-0.2, 0) is 20.9 Å². The summed E-state index contributed by atoms with van der Waals surface area (Å²) in [6.45, 7) is 0.299. The van der Waals surface area contributed by atoms with Crippen molar-refractivity contribution in [2.75, 3.05) is 20.3 Å². The number of rotatable bonds is 7. The van der Waals surface area contributed by atoms with E-state index in [1.54, 1.807) is 0 Å². The highest BCUT2D eigenvalue weighted by Crippen LogP contribution is 2.29. The highest BCUT2D eigenvalue weighted by Gasteiger charge is 2.37. The molecule has 0 aromatic heterocycles. The summed E-state index contributed by atoms with van der Waals surface area (Å²) in [5, 5.41) is 17.9. The van der Waals surface area contributed by atoms with Crippen LogP contribution in [-0.4, -0.2) is 45.8 Å². The summed E-state index contributed by atoms with van der Waals surface area (Å²) in [4.78, 5) is -0.610. The minimum Gasteiger partial charge on any atom is -0.423 e. The Morgan fingerprint density at radius 2 is 1.95 bits per heavy atom. The third kappa shape index (κ3) is 4.95. The van der Waals surface area contributed by atoms with Crippen molar-refractivity contribution in [1.82, 2.24) is 4.72 Å². The van der Waals surface area contributed by atoms with E-state index in [9.17, 15) is 21.6 Å². The molecule has 0 radical (unpaired) electrons. The second kappa shape index (κ2) is 7.42. The molecule has 0 amide bonds. The van der Waals surface area contributed by atoms with Gasteiger partial charge < -0.3 is 14.8 Å². The highest BCUT2D eigenvalue weighted by atomic mass is 32.2. The zero-order chi connectivity index (χ0) is 17.0. The van der Waals surface area contributed by atoms with Gasteiger partial charge in [0, 0.05) is 20.3 Å². The van der Waals surface area contributed by atoms with Gasteiger partial charge in [-0.05, 0) is 24.0 Å². The molecule has 0 spiro atoms. The van der Waals surface area contributed by atoms with Crippen LogP contribution in [0.25, 0.3) is 0 Å². The topological polar surface area (TPSA) is 95.9 Å². The number of hydrogen-bond acceptors (Lipinski definition) is 5. The van der Waals surface area contributed by atoms with Crippen molar-refractivity contribution in [1.29, 1.82) is 0 Å². The van der Waals surface area contributed by atoms with Gasteiger partial charge in [0.2, 0.25) is 10.0 Å². The van der Waals surface area contributed by atoms with Gasteiger partial charge >= 0.3 is 13.3 Å². The number of nitrogens with one attached hydrogen (secondary N) is 1. The van der Waals surface area contributed by atoms with Crippen LogP contribution in [0.2, 0.25) is 0 Å². The number of halogens is 3. The Bertz CT molecular complexity index is 606. The van der Waals surface area contributed by atoms with E-state index in [4.69, 9.17) is 14.8 Å². The average molecular weight is 341 g/mol. The van der Waals surface area contributed by atoms with E-state index in [0.29, 0.717) is 19.1 Å². The van der Waals surface area contributed by atoms with E-state index in [1.807, 2.05) is 0 Å². The second-order valence-corrected chi connectivity index (χ2v) is 6.13. The molecule has 124 valence electrons. The molecule has 1 aromatic carbocycles.